The summed E-state index contributed by atoms with van der Waals surface area (Å²) in [5, 5.41) is 5.07. The van der Waals surface area contributed by atoms with E-state index in [0.717, 1.165) is 66.8 Å². The van der Waals surface area contributed by atoms with Gasteiger partial charge in [0.15, 0.2) is 0 Å². The van der Waals surface area contributed by atoms with Gasteiger partial charge in [-0.15, -0.1) is 54.1 Å². The Hall–Kier alpha value is -7.41. The number of hydrogen-bond acceptors (Lipinski definition) is 3. The van der Waals surface area contributed by atoms with Crippen LogP contribution in [0.4, 0.5) is 0 Å². The van der Waals surface area contributed by atoms with Crippen LogP contribution in [-0.2, 0) is 20.1 Å². The van der Waals surface area contributed by atoms with Crippen LogP contribution in [-0.4, -0.2) is 27.2 Å². The first kappa shape index (κ1) is 53.0. The number of para-hydroxylation sites is 6. The summed E-state index contributed by atoms with van der Waals surface area (Å²) >= 11 is 0. The minimum absolute atomic E-state index is 0. The van der Waals surface area contributed by atoms with E-state index in [-0.39, 0.29) is 31.9 Å². The minimum atomic E-state index is -2.07. The number of benzene rings is 9. The van der Waals surface area contributed by atoms with E-state index >= 15 is 0 Å². The molecular weight excluding hydrogens is 1130 g/mol. The van der Waals surface area contributed by atoms with Gasteiger partial charge in [0, 0.05) is 36.9 Å². The zero-order valence-corrected chi connectivity index (χ0v) is 49.2. The fraction of sp³-hybridized carbons (Fsp3) is 0.200. The number of nitrogens with zero attached hydrogens (tertiary/aromatic N) is 4. The molecule has 0 aliphatic carbocycles. The van der Waals surface area contributed by atoms with Crippen LogP contribution in [0, 0.1) is 12.1 Å². The quantitative estimate of drug-likeness (QED) is 0.0958. The van der Waals surface area contributed by atoms with Crippen molar-refractivity contribution in [1.29, 1.82) is 0 Å². The molecule has 0 saturated carbocycles. The standard InChI is InChI=1S/C45H41N2OSi.C25H25N2.Ir/c1-29(2)38-27-34(49(5,6)33-25-23-32(24-26-33)31-15-8-7-9-16-31)28-39(30(3)4)43(38)47-41-21-12-11-20-40(41)46-45(47)37-19-14-18-36-35-17-10-13-22-42(35)48-44(36)37;1-17(2)20-13-10-14-21(18(3)4)24(20)27-23-16-9-8-15-22(23)26-25(27)19-11-6-5-7-12-19;/h7-18,20-30H,1-6H3;5-11,13-18H,1-4H3;/q2*-1;. The molecule has 0 amide bonds. The molecule has 12 rings (SSSR count). The molecule has 3 aromatic heterocycles. The second-order valence-electron chi connectivity index (χ2n) is 22.0. The molecule has 0 bridgehead atoms. The topological polar surface area (TPSA) is 48.8 Å². The Morgan fingerprint density at radius 3 is 1.56 bits per heavy atom. The second kappa shape index (κ2) is 21.9. The van der Waals surface area contributed by atoms with E-state index in [1.165, 1.54) is 55.1 Å². The fourth-order valence-corrected chi connectivity index (χ4v) is 13.4. The first-order valence-electron chi connectivity index (χ1n) is 27.0. The maximum Gasteiger partial charge on any atom is 0.120 e. The Bertz CT molecular complexity index is 3980. The number of hydrogen-bond donors (Lipinski definition) is 0. The Kier molecular flexibility index (Phi) is 15.1. The van der Waals surface area contributed by atoms with Crippen molar-refractivity contribution in [2.75, 3.05) is 0 Å². The van der Waals surface area contributed by atoms with Gasteiger partial charge in [-0.1, -0.05) is 217 Å². The van der Waals surface area contributed by atoms with Crippen LogP contribution < -0.4 is 10.4 Å². The van der Waals surface area contributed by atoms with E-state index in [4.69, 9.17) is 14.4 Å². The molecule has 5 nitrogen and oxygen atoms in total. The third-order valence-electron chi connectivity index (χ3n) is 15.3. The summed E-state index contributed by atoms with van der Waals surface area (Å²) in [5.41, 5.74) is 18.2. The summed E-state index contributed by atoms with van der Waals surface area (Å²) < 4.78 is 11.3. The van der Waals surface area contributed by atoms with E-state index in [1.807, 2.05) is 36.4 Å². The van der Waals surface area contributed by atoms with Crippen LogP contribution in [0.1, 0.15) is 101 Å². The molecule has 0 aliphatic heterocycles. The number of fused-ring (bicyclic) bond motifs is 5. The third-order valence-corrected chi connectivity index (χ3v) is 18.8. The molecule has 0 spiro atoms. The van der Waals surface area contributed by atoms with Crippen molar-refractivity contribution < 1.29 is 24.5 Å². The van der Waals surface area contributed by atoms with Crippen molar-refractivity contribution in [2.24, 2.45) is 0 Å². The molecule has 0 atom stereocenters. The third kappa shape index (κ3) is 9.86. The van der Waals surface area contributed by atoms with Gasteiger partial charge in [0.2, 0.25) is 0 Å². The van der Waals surface area contributed by atoms with E-state index in [9.17, 15) is 0 Å². The summed E-state index contributed by atoms with van der Waals surface area (Å²) in [6.45, 7) is 23.3. The Morgan fingerprint density at radius 2 is 0.961 bits per heavy atom. The van der Waals surface area contributed by atoms with Gasteiger partial charge in [0.05, 0.1) is 39.3 Å². The summed E-state index contributed by atoms with van der Waals surface area (Å²) in [4.78, 5) is 10.3. The molecule has 77 heavy (non-hydrogen) atoms. The van der Waals surface area contributed by atoms with Crippen LogP contribution in [0.5, 0.6) is 0 Å². The molecular formula is C70H66IrN4OSi-2. The molecule has 7 heteroatoms. The van der Waals surface area contributed by atoms with Crippen molar-refractivity contribution >= 4 is 62.5 Å². The van der Waals surface area contributed by atoms with E-state index < -0.39 is 8.07 Å². The Balaban J connectivity index is 0.000000203. The van der Waals surface area contributed by atoms with Crippen LogP contribution in [0.25, 0.3) is 89.3 Å². The van der Waals surface area contributed by atoms with E-state index in [0.29, 0.717) is 11.8 Å². The first-order valence-corrected chi connectivity index (χ1v) is 30.0. The molecule has 0 fully saturated rings. The number of rotatable bonds is 11. The van der Waals surface area contributed by atoms with Crippen LogP contribution in [0.15, 0.2) is 199 Å². The average Bonchev–Trinajstić information content (AvgIpc) is 4.21. The van der Waals surface area contributed by atoms with Crippen molar-refractivity contribution in [3.8, 4) is 45.3 Å². The summed E-state index contributed by atoms with van der Waals surface area (Å²) in [6, 6.07) is 75.9. The number of aromatic nitrogens is 4. The monoisotopic (exact) mass is 1200 g/mol. The van der Waals surface area contributed by atoms with Gasteiger partial charge in [-0.25, -0.2) is 0 Å². The van der Waals surface area contributed by atoms with Gasteiger partial charge in [-0.2, -0.15) is 0 Å². The van der Waals surface area contributed by atoms with E-state index in [2.05, 4.69) is 247 Å². The molecule has 0 N–H and O–H groups in total. The number of furan rings is 1. The molecule has 0 aliphatic rings. The van der Waals surface area contributed by atoms with Crippen molar-refractivity contribution in [1.82, 2.24) is 19.1 Å². The van der Waals surface area contributed by atoms with Crippen LogP contribution in [0.2, 0.25) is 13.1 Å². The normalized spacial score (nSPS) is 11.9. The average molecular weight is 1200 g/mol. The molecule has 3 heterocycles. The smallest absolute Gasteiger partial charge is 0.120 e. The zero-order valence-electron chi connectivity index (χ0n) is 45.8. The van der Waals surface area contributed by atoms with Gasteiger partial charge in [-0.05, 0) is 87.4 Å². The van der Waals surface area contributed by atoms with Crippen LogP contribution >= 0.6 is 0 Å². The Morgan fingerprint density at radius 1 is 0.442 bits per heavy atom. The van der Waals surface area contributed by atoms with Crippen molar-refractivity contribution in [3.63, 3.8) is 0 Å². The fourth-order valence-electron chi connectivity index (χ4n) is 11.1. The molecule has 9 aromatic carbocycles. The second-order valence-corrected chi connectivity index (χ2v) is 26.4. The predicted molar refractivity (Wildman–Crippen MR) is 323 cm³/mol. The van der Waals surface area contributed by atoms with Gasteiger partial charge in [0.1, 0.15) is 13.7 Å². The van der Waals surface area contributed by atoms with Gasteiger partial charge in [-0.3, -0.25) is 9.97 Å². The first-order chi connectivity index (χ1) is 36.8. The molecule has 12 aromatic rings. The predicted octanol–water partition coefficient (Wildman–Crippen LogP) is 17.9. The summed E-state index contributed by atoms with van der Waals surface area (Å²) in [5.74, 6) is 3.23. The summed E-state index contributed by atoms with van der Waals surface area (Å²) in [6.07, 6.45) is 0. The largest absolute Gasteiger partial charge is 0.501 e. The van der Waals surface area contributed by atoms with E-state index in [1.54, 1.807) is 0 Å². The molecule has 0 unspecified atom stereocenters. The van der Waals surface area contributed by atoms with Gasteiger partial charge < -0.3 is 13.6 Å². The minimum Gasteiger partial charge on any atom is -0.501 e. The maximum atomic E-state index is 6.55. The number of imidazole rings is 2. The molecule has 1 radical (unpaired) electrons. The Labute approximate surface area is 469 Å². The van der Waals surface area contributed by atoms with Crippen molar-refractivity contribution in [3.05, 3.63) is 229 Å². The summed E-state index contributed by atoms with van der Waals surface area (Å²) in [7, 11) is -2.07. The molecule has 0 saturated heterocycles. The van der Waals surface area contributed by atoms with Gasteiger partial charge >= 0.3 is 0 Å². The zero-order chi connectivity index (χ0) is 52.8. The van der Waals surface area contributed by atoms with Crippen molar-refractivity contribution in [2.45, 2.75) is 92.2 Å². The molecule has 387 valence electrons. The SMILES string of the molecule is CC(C)c1cc([Si](C)(C)c2ccc(-c3ccccc3)cc2)cc(C(C)C)c1-n1c(-c2[c-]ccc3c2oc2ccccc23)nc2ccccc21.CC(C)c1cccc(C(C)C)c1-n1c(-c2[c-]cccc2)nc2ccccc21.[Ir]. The van der Waals surface area contributed by atoms with Crippen LogP contribution in [0.3, 0.4) is 0 Å². The van der Waals surface area contributed by atoms with Gasteiger partial charge in [0.25, 0.3) is 0 Å². The maximum absolute atomic E-state index is 6.55.